The lowest BCUT2D eigenvalue weighted by Gasteiger charge is -2.22. The maximum absolute atomic E-state index is 6.25. The summed E-state index contributed by atoms with van der Waals surface area (Å²) in [5.41, 5.74) is 4.19. The average Bonchev–Trinajstić information content (AvgIpc) is 2.71. The number of hydrogen-bond acceptors (Lipinski definition) is 1. The van der Waals surface area contributed by atoms with Crippen LogP contribution < -0.4 is 5.84 Å². The smallest absolute Gasteiger partial charge is 0.0794 e. The van der Waals surface area contributed by atoms with E-state index < -0.39 is 0 Å². The second-order valence-corrected chi connectivity index (χ2v) is 5.85. The SMILES string of the molecule is CC1(c2ccccc2)C=Cc2c(n(N)c3ccc#cc23)C=C1. The summed E-state index contributed by atoms with van der Waals surface area (Å²) < 4.78 is 1.73. The Morgan fingerprint density at radius 2 is 1.82 bits per heavy atom. The summed E-state index contributed by atoms with van der Waals surface area (Å²) in [7, 11) is 0. The number of benzene rings is 1. The minimum absolute atomic E-state index is 0.148. The normalized spacial score (nSPS) is 19.7. The summed E-state index contributed by atoms with van der Waals surface area (Å²) in [6.07, 6.45) is 8.69. The Hall–Kier alpha value is -2.92. The zero-order valence-electron chi connectivity index (χ0n) is 12.4. The van der Waals surface area contributed by atoms with Crippen LogP contribution in [0.15, 0.2) is 54.6 Å². The van der Waals surface area contributed by atoms with Gasteiger partial charge in [-0.3, -0.25) is 4.68 Å². The molecule has 0 fully saturated rings. The minimum atomic E-state index is -0.148. The first-order valence-electron chi connectivity index (χ1n) is 7.35. The number of hydrogen-bond donors (Lipinski definition) is 1. The van der Waals surface area contributed by atoms with Crippen molar-refractivity contribution in [2.45, 2.75) is 12.3 Å². The maximum Gasteiger partial charge on any atom is 0.0794 e. The van der Waals surface area contributed by atoms with Crippen LogP contribution in [0.25, 0.3) is 23.1 Å². The van der Waals surface area contributed by atoms with E-state index in [1.165, 1.54) is 5.56 Å². The van der Waals surface area contributed by atoms with Crippen LogP contribution in [0.1, 0.15) is 23.7 Å². The number of nitrogens with zero attached hydrogens (tertiary/aromatic N) is 1. The molecule has 1 aliphatic carbocycles. The van der Waals surface area contributed by atoms with E-state index >= 15 is 0 Å². The van der Waals surface area contributed by atoms with Crippen molar-refractivity contribution in [2.75, 3.05) is 5.84 Å². The zero-order valence-corrected chi connectivity index (χ0v) is 12.4. The van der Waals surface area contributed by atoms with Gasteiger partial charge in [-0.15, -0.1) is 0 Å². The molecule has 1 aromatic heterocycles. The molecule has 0 saturated carbocycles. The summed E-state index contributed by atoms with van der Waals surface area (Å²) >= 11 is 0. The van der Waals surface area contributed by atoms with Gasteiger partial charge in [-0.2, -0.15) is 0 Å². The molecule has 1 heterocycles. The standard InChI is InChI=1S/C20H16N2/c1-20(15-7-3-2-4-8-15)13-11-17-16-9-5-6-10-18(16)22(21)19(17)12-14-20/h2-4,6-8,10-14H,21H2,1H3. The van der Waals surface area contributed by atoms with E-state index in [2.05, 4.69) is 67.6 Å². The first kappa shape index (κ1) is 12.8. The Kier molecular flexibility index (Phi) is 2.64. The highest BCUT2D eigenvalue weighted by atomic mass is 15.3. The molecule has 22 heavy (non-hydrogen) atoms. The topological polar surface area (TPSA) is 30.9 Å². The number of rotatable bonds is 1. The van der Waals surface area contributed by atoms with Gasteiger partial charge in [-0.1, -0.05) is 60.7 Å². The Morgan fingerprint density at radius 1 is 1.05 bits per heavy atom. The highest BCUT2D eigenvalue weighted by Gasteiger charge is 2.23. The quantitative estimate of drug-likeness (QED) is 0.674. The average molecular weight is 284 g/mol. The summed E-state index contributed by atoms with van der Waals surface area (Å²) in [6.45, 7) is 2.21. The van der Waals surface area contributed by atoms with Crippen LogP contribution in [0, 0.1) is 12.1 Å². The van der Waals surface area contributed by atoms with Gasteiger partial charge in [0.15, 0.2) is 0 Å². The fraction of sp³-hybridized carbons (Fsp3) is 0.100. The summed E-state index contributed by atoms with van der Waals surface area (Å²) in [5.74, 6) is 6.25. The lowest BCUT2D eigenvalue weighted by molar-refractivity contribution is 0.766. The molecule has 0 spiro atoms. The van der Waals surface area contributed by atoms with Gasteiger partial charge in [0.25, 0.3) is 0 Å². The van der Waals surface area contributed by atoms with Crippen LogP contribution in [0.2, 0.25) is 0 Å². The van der Waals surface area contributed by atoms with Gasteiger partial charge >= 0.3 is 0 Å². The third kappa shape index (κ3) is 1.76. The number of allylic oxidation sites excluding steroid dienone is 2. The van der Waals surface area contributed by atoms with Crippen molar-refractivity contribution in [1.29, 1.82) is 0 Å². The lowest BCUT2D eigenvalue weighted by atomic mass is 9.82. The fourth-order valence-electron chi connectivity index (χ4n) is 3.07. The van der Waals surface area contributed by atoms with E-state index in [-0.39, 0.29) is 5.41 Å². The van der Waals surface area contributed by atoms with Crippen LogP contribution in [0.4, 0.5) is 0 Å². The van der Waals surface area contributed by atoms with Crippen molar-refractivity contribution < 1.29 is 0 Å². The van der Waals surface area contributed by atoms with Crippen LogP contribution in [0.3, 0.4) is 0 Å². The van der Waals surface area contributed by atoms with Crippen LogP contribution in [0.5, 0.6) is 0 Å². The van der Waals surface area contributed by atoms with Crippen molar-refractivity contribution >= 4 is 23.1 Å². The number of aromatic nitrogens is 1. The number of nitrogen functional groups attached to an aromatic ring is 1. The van der Waals surface area contributed by atoms with Crippen LogP contribution in [-0.4, -0.2) is 4.68 Å². The van der Waals surface area contributed by atoms with E-state index in [1.807, 2.05) is 18.2 Å². The molecule has 0 radical (unpaired) electrons. The first-order valence-corrected chi connectivity index (χ1v) is 7.35. The molecule has 1 unspecified atom stereocenters. The second kappa shape index (κ2) is 4.54. The molecule has 2 nitrogen and oxygen atoms in total. The molecule has 0 amide bonds. The Bertz CT molecular complexity index is 900. The summed E-state index contributed by atoms with van der Waals surface area (Å²) in [5, 5.41) is 1.01. The largest absolute Gasteiger partial charge is 0.339 e. The third-order valence-electron chi connectivity index (χ3n) is 4.42. The summed E-state index contributed by atoms with van der Waals surface area (Å²) in [4.78, 5) is 0. The van der Waals surface area contributed by atoms with Crippen LogP contribution in [-0.2, 0) is 5.41 Å². The van der Waals surface area contributed by atoms with E-state index in [1.54, 1.807) is 4.68 Å². The molecular weight excluding hydrogens is 268 g/mol. The predicted octanol–water partition coefficient (Wildman–Crippen LogP) is 3.95. The molecule has 0 bridgehead atoms. The van der Waals surface area contributed by atoms with Crippen molar-refractivity contribution in [2.24, 2.45) is 0 Å². The van der Waals surface area contributed by atoms with Crippen molar-refractivity contribution in [3.05, 3.63) is 83.6 Å². The van der Waals surface area contributed by atoms with Gasteiger partial charge < -0.3 is 5.84 Å². The highest BCUT2D eigenvalue weighted by molar-refractivity contribution is 5.93. The van der Waals surface area contributed by atoms with Crippen molar-refractivity contribution in [1.82, 2.24) is 4.68 Å². The van der Waals surface area contributed by atoms with Crippen molar-refractivity contribution in [3.63, 3.8) is 0 Å². The number of nitrogens with two attached hydrogens (primary N) is 1. The predicted molar refractivity (Wildman–Crippen MR) is 91.6 cm³/mol. The van der Waals surface area contributed by atoms with Gasteiger partial charge in [0.05, 0.1) is 16.6 Å². The molecule has 0 saturated heterocycles. The van der Waals surface area contributed by atoms with Gasteiger partial charge in [0.2, 0.25) is 0 Å². The van der Waals surface area contributed by atoms with E-state index in [0.717, 1.165) is 22.2 Å². The molecule has 4 rings (SSSR count). The van der Waals surface area contributed by atoms with E-state index in [0.29, 0.717) is 0 Å². The Morgan fingerprint density at radius 3 is 2.64 bits per heavy atom. The third-order valence-corrected chi connectivity index (χ3v) is 4.42. The molecule has 1 aliphatic rings. The Balaban J connectivity index is 1.92. The highest BCUT2D eigenvalue weighted by Crippen LogP contribution is 2.34. The minimum Gasteiger partial charge on any atom is -0.339 e. The van der Waals surface area contributed by atoms with E-state index in [9.17, 15) is 0 Å². The van der Waals surface area contributed by atoms with Gasteiger partial charge in [0.1, 0.15) is 0 Å². The van der Waals surface area contributed by atoms with Crippen LogP contribution >= 0.6 is 0 Å². The maximum atomic E-state index is 6.25. The van der Waals surface area contributed by atoms with Gasteiger partial charge in [-0.05, 0) is 30.7 Å². The molecule has 2 heteroatoms. The lowest BCUT2D eigenvalue weighted by Crippen LogP contribution is -2.15. The zero-order chi connectivity index (χ0) is 15.2. The number of fused-ring (bicyclic) bond motifs is 3. The van der Waals surface area contributed by atoms with E-state index in [4.69, 9.17) is 5.84 Å². The van der Waals surface area contributed by atoms with Gasteiger partial charge in [-0.25, -0.2) is 0 Å². The van der Waals surface area contributed by atoms with Crippen molar-refractivity contribution in [3.8, 4) is 0 Å². The molecule has 0 aliphatic heterocycles. The molecule has 106 valence electrons. The summed E-state index contributed by atoms with van der Waals surface area (Å²) in [6, 6.07) is 20.5. The van der Waals surface area contributed by atoms with Gasteiger partial charge in [0, 0.05) is 11.0 Å². The second-order valence-electron chi connectivity index (χ2n) is 5.85. The molecule has 1 atom stereocenters. The molecular formula is C20H16N2. The monoisotopic (exact) mass is 284 g/mol. The molecule has 2 N–H and O–H groups in total. The Labute approximate surface area is 130 Å². The molecule has 3 aromatic rings. The fourth-order valence-corrected chi connectivity index (χ4v) is 3.07. The first-order chi connectivity index (χ1) is 10.7. The molecule has 2 aromatic carbocycles.